The van der Waals surface area contributed by atoms with Gasteiger partial charge in [-0.1, -0.05) is 30.8 Å². The molecule has 0 radical (unpaired) electrons. The average Bonchev–Trinajstić information content (AvgIpc) is 2.46. The monoisotopic (exact) mass is 295 g/mol. The molecule has 1 aromatic heterocycles. The summed E-state index contributed by atoms with van der Waals surface area (Å²) < 4.78 is 24.6. The highest BCUT2D eigenvalue weighted by atomic mass is 32.2. The van der Waals surface area contributed by atoms with Crippen LogP contribution < -0.4 is 5.32 Å². The normalized spacial score (nSPS) is 10.8. The van der Waals surface area contributed by atoms with Crippen LogP contribution in [-0.2, 0) is 6.42 Å². The van der Waals surface area contributed by atoms with E-state index in [1.54, 1.807) is 12.1 Å². The number of rotatable bonds is 5. The Hall–Kier alpha value is -1.69. The van der Waals surface area contributed by atoms with Crippen LogP contribution in [0.1, 0.15) is 12.5 Å². The fourth-order valence-corrected chi connectivity index (χ4v) is 2.50. The second-order valence-corrected chi connectivity index (χ2v) is 5.12. The molecule has 0 aliphatic rings. The molecule has 1 aromatic carbocycles. The van der Waals surface area contributed by atoms with Crippen LogP contribution in [0.15, 0.2) is 35.5 Å². The van der Waals surface area contributed by atoms with E-state index < -0.39 is 5.76 Å². The van der Waals surface area contributed by atoms with Gasteiger partial charge in [0, 0.05) is 23.1 Å². The maximum Gasteiger partial charge on any atom is 0.288 e. The number of alkyl halides is 2. The lowest BCUT2D eigenvalue weighted by Crippen LogP contribution is -2.02. The van der Waals surface area contributed by atoms with E-state index in [1.165, 1.54) is 6.33 Å². The lowest BCUT2D eigenvalue weighted by atomic mass is 10.0. The molecule has 0 amide bonds. The molecule has 6 heteroatoms. The molecule has 0 unspecified atom stereocenters. The smallest absolute Gasteiger partial charge is 0.288 e. The first-order chi connectivity index (χ1) is 9.65. The van der Waals surface area contributed by atoms with Crippen molar-refractivity contribution in [3.05, 3.63) is 36.2 Å². The van der Waals surface area contributed by atoms with Crippen LogP contribution in [0.4, 0.5) is 14.6 Å². The Morgan fingerprint density at radius 1 is 1.20 bits per heavy atom. The molecule has 20 heavy (non-hydrogen) atoms. The molecule has 0 fully saturated rings. The van der Waals surface area contributed by atoms with Gasteiger partial charge in [-0.25, -0.2) is 9.97 Å². The van der Waals surface area contributed by atoms with Gasteiger partial charge in [0.1, 0.15) is 12.1 Å². The predicted octanol–water partition coefficient (Wildman–Crippen LogP) is 4.06. The molecule has 0 atom stereocenters. The summed E-state index contributed by atoms with van der Waals surface area (Å²) in [5, 5.41) is 3.04. The van der Waals surface area contributed by atoms with Crippen molar-refractivity contribution in [3.63, 3.8) is 0 Å². The summed E-state index contributed by atoms with van der Waals surface area (Å²) in [6.07, 6.45) is 2.29. The largest absolute Gasteiger partial charge is 0.373 e. The number of hydrogen-bond acceptors (Lipinski definition) is 4. The topological polar surface area (TPSA) is 37.8 Å². The molecule has 0 saturated heterocycles. The molecular weight excluding hydrogens is 280 g/mol. The second kappa shape index (κ2) is 6.65. The van der Waals surface area contributed by atoms with Crippen LogP contribution in [0.5, 0.6) is 0 Å². The fourth-order valence-electron chi connectivity index (χ4n) is 2.01. The number of halogens is 2. The number of anilines is 1. The Bertz CT molecular complexity index is 573. The molecule has 0 aliphatic heterocycles. The van der Waals surface area contributed by atoms with Crippen LogP contribution in [0.25, 0.3) is 11.3 Å². The van der Waals surface area contributed by atoms with Gasteiger partial charge in [-0.3, -0.25) is 0 Å². The van der Waals surface area contributed by atoms with Gasteiger partial charge >= 0.3 is 0 Å². The van der Waals surface area contributed by atoms with Gasteiger partial charge in [-0.15, -0.1) is 0 Å². The molecule has 106 valence electrons. The first-order valence-corrected chi connectivity index (χ1v) is 7.10. The van der Waals surface area contributed by atoms with Crippen molar-refractivity contribution in [3.8, 4) is 11.3 Å². The molecule has 2 rings (SSSR count). The number of benzene rings is 1. The van der Waals surface area contributed by atoms with E-state index in [2.05, 4.69) is 15.3 Å². The zero-order valence-corrected chi connectivity index (χ0v) is 12.0. The van der Waals surface area contributed by atoms with Crippen molar-refractivity contribution in [2.24, 2.45) is 0 Å². The van der Waals surface area contributed by atoms with Crippen LogP contribution in [-0.4, -0.2) is 22.8 Å². The minimum absolute atomic E-state index is 0.541. The van der Waals surface area contributed by atoms with Crippen molar-refractivity contribution in [1.29, 1.82) is 0 Å². The lowest BCUT2D eigenvalue weighted by Gasteiger charge is -2.11. The summed E-state index contributed by atoms with van der Waals surface area (Å²) in [7, 11) is 1.81. The van der Waals surface area contributed by atoms with Crippen LogP contribution >= 0.6 is 11.8 Å². The highest BCUT2D eigenvalue weighted by Gasteiger charge is 2.11. The van der Waals surface area contributed by atoms with Gasteiger partial charge in [0.2, 0.25) is 0 Å². The fraction of sp³-hybridized carbons (Fsp3) is 0.286. The Morgan fingerprint density at radius 2 is 1.90 bits per heavy atom. The number of aromatic nitrogens is 2. The van der Waals surface area contributed by atoms with Crippen molar-refractivity contribution in [2.75, 3.05) is 12.4 Å². The van der Waals surface area contributed by atoms with E-state index >= 15 is 0 Å². The second-order valence-electron chi connectivity index (χ2n) is 4.06. The van der Waals surface area contributed by atoms with Crippen LogP contribution in [0, 0.1) is 0 Å². The third-order valence-electron chi connectivity index (χ3n) is 2.89. The standard InChI is InChI=1S/C14H15F2N3S/c1-3-11-12(18-8-19-13(11)17-2)9-4-6-10(7-5-9)20-14(15)16/h4-8,14H,3H2,1-2H3,(H,17,18,19). The number of nitrogens with zero attached hydrogens (tertiary/aromatic N) is 2. The number of thioether (sulfide) groups is 1. The van der Waals surface area contributed by atoms with Gasteiger partial charge in [0.25, 0.3) is 5.76 Å². The summed E-state index contributed by atoms with van der Waals surface area (Å²) in [4.78, 5) is 9.04. The molecule has 0 saturated carbocycles. The highest BCUT2D eigenvalue weighted by Crippen LogP contribution is 2.30. The zero-order valence-electron chi connectivity index (χ0n) is 11.2. The van der Waals surface area contributed by atoms with E-state index in [1.807, 2.05) is 26.1 Å². The Labute approximate surface area is 120 Å². The molecule has 2 aromatic rings. The maximum absolute atomic E-state index is 12.3. The van der Waals surface area contributed by atoms with Gasteiger partial charge < -0.3 is 5.32 Å². The molecule has 0 spiro atoms. The molecule has 0 bridgehead atoms. The predicted molar refractivity (Wildman–Crippen MR) is 78.3 cm³/mol. The summed E-state index contributed by atoms with van der Waals surface area (Å²) in [5.41, 5.74) is 2.75. The van der Waals surface area contributed by atoms with Crippen molar-refractivity contribution in [1.82, 2.24) is 9.97 Å². The summed E-state index contributed by atoms with van der Waals surface area (Å²) in [6.45, 7) is 2.03. The van der Waals surface area contributed by atoms with Gasteiger partial charge in [-0.05, 0) is 18.6 Å². The first kappa shape index (κ1) is 14.7. The lowest BCUT2D eigenvalue weighted by molar-refractivity contribution is 0.252. The van der Waals surface area contributed by atoms with Crippen molar-refractivity contribution >= 4 is 17.6 Å². The zero-order chi connectivity index (χ0) is 14.5. The maximum atomic E-state index is 12.3. The van der Waals surface area contributed by atoms with E-state index in [0.717, 1.165) is 29.1 Å². The molecule has 1 heterocycles. The minimum atomic E-state index is -2.40. The Balaban J connectivity index is 2.36. The number of hydrogen-bond donors (Lipinski definition) is 1. The summed E-state index contributed by atoms with van der Waals surface area (Å²) in [5.74, 6) is -1.61. The van der Waals surface area contributed by atoms with Crippen LogP contribution in [0.3, 0.4) is 0 Å². The van der Waals surface area contributed by atoms with Crippen molar-refractivity contribution < 1.29 is 8.78 Å². The molecule has 0 aliphatic carbocycles. The third kappa shape index (κ3) is 3.25. The van der Waals surface area contributed by atoms with Crippen LogP contribution in [0.2, 0.25) is 0 Å². The Morgan fingerprint density at radius 3 is 2.45 bits per heavy atom. The summed E-state index contributed by atoms with van der Waals surface area (Å²) >= 11 is 0.541. The quantitative estimate of drug-likeness (QED) is 0.844. The van der Waals surface area contributed by atoms with E-state index in [4.69, 9.17) is 0 Å². The van der Waals surface area contributed by atoms with Gasteiger partial charge in [-0.2, -0.15) is 8.78 Å². The minimum Gasteiger partial charge on any atom is -0.373 e. The first-order valence-electron chi connectivity index (χ1n) is 6.22. The van der Waals surface area contributed by atoms with Gasteiger partial charge in [0.05, 0.1) is 5.69 Å². The average molecular weight is 295 g/mol. The molecule has 3 nitrogen and oxygen atoms in total. The molecular formula is C14H15F2N3S. The third-order valence-corrected chi connectivity index (χ3v) is 3.61. The number of nitrogens with one attached hydrogen (secondary N) is 1. The van der Waals surface area contributed by atoms with E-state index in [-0.39, 0.29) is 0 Å². The van der Waals surface area contributed by atoms with E-state index in [0.29, 0.717) is 16.7 Å². The SMILES string of the molecule is CCc1c(NC)ncnc1-c1ccc(SC(F)F)cc1. The highest BCUT2D eigenvalue weighted by molar-refractivity contribution is 7.99. The summed E-state index contributed by atoms with van der Waals surface area (Å²) in [6, 6.07) is 7.00. The van der Waals surface area contributed by atoms with Crippen molar-refractivity contribution in [2.45, 2.75) is 24.0 Å². The Kier molecular flexibility index (Phi) is 4.89. The van der Waals surface area contributed by atoms with Gasteiger partial charge in [0.15, 0.2) is 0 Å². The van der Waals surface area contributed by atoms with E-state index in [9.17, 15) is 8.78 Å². The molecule has 1 N–H and O–H groups in total.